The fraction of sp³-hybridized carbons (Fsp3) is 0.583. The fourth-order valence-corrected chi connectivity index (χ4v) is 1.56. The van der Waals surface area contributed by atoms with Gasteiger partial charge < -0.3 is 15.5 Å². The summed E-state index contributed by atoms with van der Waals surface area (Å²) < 4.78 is 5.22. The third kappa shape index (κ3) is 4.98. The maximum Gasteiger partial charge on any atom is 0.220 e. The van der Waals surface area contributed by atoms with Crippen LogP contribution in [0, 0.1) is 0 Å². The molecule has 1 heterocycles. The first-order valence-corrected chi connectivity index (χ1v) is 5.74. The molecule has 0 bridgehead atoms. The molecule has 1 amide bonds. The summed E-state index contributed by atoms with van der Waals surface area (Å²) >= 11 is 0. The van der Waals surface area contributed by atoms with Gasteiger partial charge in [0.25, 0.3) is 0 Å². The molecule has 0 saturated heterocycles. The molecule has 3 N–H and O–H groups in total. The number of amides is 1. The second-order valence-electron chi connectivity index (χ2n) is 4.00. The minimum atomic E-state index is 0.0903. The number of unbranched alkanes of at least 4 members (excludes halogenated alkanes) is 1. The van der Waals surface area contributed by atoms with E-state index in [4.69, 9.17) is 10.2 Å². The van der Waals surface area contributed by atoms with Crippen molar-refractivity contribution < 1.29 is 9.21 Å². The van der Waals surface area contributed by atoms with Crippen molar-refractivity contribution in [2.75, 3.05) is 6.54 Å². The summed E-state index contributed by atoms with van der Waals surface area (Å²) in [6.45, 7) is 2.62. The zero-order valence-electron chi connectivity index (χ0n) is 9.74. The third-order valence-corrected chi connectivity index (χ3v) is 2.35. The van der Waals surface area contributed by atoms with Gasteiger partial charge in [-0.25, -0.2) is 0 Å². The predicted molar refractivity (Wildman–Crippen MR) is 62.9 cm³/mol. The van der Waals surface area contributed by atoms with Gasteiger partial charge in [0.15, 0.2) is 0 Å². The van der Waals surface area contributed by atoms with E-state index in [1.165, 1.54) is 0 Å². The maximum absolute atomic E-state index is 11.5. The zero-order chi connectivity index (χ0) is 11.8. The summed E-state index contributed by atoms with van der Waals surface area (Å²) in [4.78, 5) is 11.5. The number of rotatable bonds is 7. The van der Waals surface area contributed by atoms with Crippen molar-refractivity contribution >= 4 is 5.91 Å². The van der Waals surface area contributed by atoms with Gasteiger partial charge in [0, 0.05) is 18.9 Å². The van der Waals surface area contributed by atoms with E-state index < -0.39 is 0 Å². The standard InChI is InChI=1S/C12H20N2O2/c1-10(9-11-5-4-8-16-11)14-12(15)6-2-3-7-13/h4-5,8,10H,2-3,6-7,9,13H2,1H3,(H,14,15). The average molecular weight is 224 g/mol. The van der Waals surface area contributed by atoms with Crippen molar-refractivity contribution in [3.8, 4) is 0 Å². The molecule has 4 heteroatoms. The zero-order valence-corrected chi connectivity index (χ0v) is 9.74. The molecule has 1 aromatic heterocycles. The summed E-state index contributed by atoms with van der Waals surface area (Å²) in [6.07, 6.45) is 4.69. The van der Waals surface area contributed by atoms with Crippen molar-refractivity contribution in [3.63, 3.8) is 0 Å². The molecule has 0 aromatic carbocycles. The minimum absolute atomic E-state index is 0.0903. The topological polar surface area (TPSA) is 68.3 Å². The van der Waals surface area contributed by atoms with Gasteiger partial charge in [0.05, 0.1) is 6.26 Å². The van der Waals surface area contributed by atoms with Gasteiger partial charge in [-0.2, -0.15) is 0 Å². The van der Waals surface area contributed by atoms with Crippen LogP contribution in [-0.2, 0) is 11.2 Å². The number of furan rings is 1. The first-order chi connectivity index (χ1) is 7.72. The molecule has 1 rings (SSSR count). The van der Waals surface area contributed by atoms with Crippen molar-refractivity contribution in [2.24, 2.45) is 5.73 Å². The van der Waals surface area contributed by atoms with E-state index in [0.717, 1.165) is 25.0 Å². The number of carbonyl (C=O) groups is 1. The van der Waals surface area contributed by atoms with Crippen LogP contribution in [0.5, 0.6) is 0 Å². The Labute approximate surface area is 96.2 Å². The van der Waals surface area contributed by atoms with Crippen LogP contribution in [0.3, 0.4) is 0 Å². The van der Waals surface area contributed by atoms with Gasteiger partial charge in [-0.15, -0.1) is 0 Å². The van der Waals surface area contributed by atoms with Crippen LogP contribution in [0.25, 0.3) is 0 Å². The van der Waals surface area contributed by atoms with Gasteiger partial charge in [0.1, 0.15) is 5.76 Å². The third-order valence-electron chi connectivity index (χ3n) is 2.35. The molecular formula is C12H20N2O2. The molecule has 0 aliphatic heterocycles. The molecule has 16 heavy (non-hydrogen) atoms. The molecule has 1 unspecified atom stereocenters. The lowest BCUT2D eigenvalue weighted by Crippen LogP contribution is -2.33. The highest BCUT2D eigenvalue weighted by Crippen LogP contribution is 2.04. The molecule has 90 valence electrons. The first-order valence-electron chi connectivity index (χ1n) is 5.74. The first kappa shape index (κ1) is 12.8. The van der Waals surface area contributed by atoms with Gasteiger partial charge >= 0.3 is 0 Å². The van der Waals surface area contributed by atoms with Crippen molar-refractivity contribution in [1.29, 1.82) is 0 Å². The van der Waals surface area contributed by atoms with Crippen LogP contribution in [0.1, 0.15) is 31.9 Å². The highest BCUT2D eigenvalue weighted by atomic mass is 16.3. The Morgan fingerprint density at radius 2 is 2.38 bits per heavy atom. The number of nitrogens with two attached hydrogens (primary N) is 1. The van der Waals surface area contributed by atoms with Crippen LogP contribution in [0.2, 0.25) is 0 Å². The van der Waals surface area contributed by atoms with Gasteiger partial charge in [0.2, 0.25) is 5.91 Å². The minimum Gasteiger partial charge on any atom is -0.469 e. The summed E-state index contributed by atoms with van der Waals surface area (Å²) in [5.41, 5.74) is 5.36. The van der Waals surface area contributed by atoms with E-state index >= 15 is 0 Å². The molecular weight excluding hydrogens is 204 g/mol. The van der Waals surface area contributed by atoms with E-state index in [9.17, 15) is 4.79 Å². The maximum atomic E-state index is 11.5. The molecule has 0 fully saturated rings. The van der Waals surface area contributed by atoms with Gasteiger partial charge in [-0.3, -0.25) is 4.79 Å². The quantitative estimate of drug-likeness (QED) is 0.689. The monoisotopic (exact) mass is 224 g/mol. The van der Waals surface area contributed by atoms with Crippen LogP contribution in [-0.4, -0.2) is 18.5 Å². The molecule has 1 aromatic rings. The van der Waals surface area contributed by atoms with Crippen LogP contribution in [0.4, 0.5) is 0 Å². The van der Waals surface area contributed by atoms with E-state index in [-0.39, 0.29) is 11.9 Å². The molecule has 4 nitrogen and oxygen atoms in total. The van der Waals surface area contributed by atoms with Gasteiger partial charge in [-0.05, 0) is 38.4 Å². The highest BCUT2D eigenvalue weighted by molar-refractivity contribution is 5.76. The smallest absolute Gasteiger partial charge is 0.220 e. The Kier molecular flexibility index (Phi) is 5.64. The van der Waals surface area contributed by atoms with E-state index in [1.807, 2.05) is 19.1 Å². The second kappa shape index (κ2) is 7.06. The molecule has 0 aliphatic rings. The lowest BCUT2D eigenvalue weighted by molar-refractivity contribution is -0.121. The summed E-state index contributed by atoms with van der Waals surface area (Å²) in [5, 5.41) is 2.94. The Hall–Kier alpha value is -1.29. The summed E-state index contributed by atoms with van der Waals surface area (Å²) in [5.74, 6) is 0.988. The lowest BCUT2D eigenvalue weighted by Gasteiger charge is -2.12. The fourth-order valence-electron chi connectivity index (χ4n) is 1.56. The van der Waals surface area contributed by atoms with E-state index in [1.54, 1.807) is 6.26 Å². The highest BCUT2D eigenvalue weighted by Gasteiger charge is 2.08. The van der Waals surface area contributed by atoms with Crippen LogP contribution < -0.4 is 11.1 Å². The Balaban J connectivity index is 2.18. The molecule has 1 atom stereocenters. The molecule has 0 spiro atoms. The summed E-state index contributed by atoms with van der Waals surface area (Å²) in [7, 11) is 0. The lowest BCUT2D eigenvalue weighted by atomic mass is 10.1. The Morgan fingerprint density at radius 3 is 3.00 bits per heavy atom. The Bertz CT molecular complexity index is 296. The van der Waals surface area contributed by atoms with Crippen LogP contribution in [0.15, 0.2) is 22.8 Å². The van der Waals surface area contributed by atoms with Gasteiger partial charge in [-0.1, -0.05) is 0 Å². The van der Waals surface area contributed by atoms with Crippen LogP contribution >= 0.6 is 0 Å². The van der Waals surface area contributed by atoms with Crippen molar-refractivity contribution in [3.05, 3.63) is 24.2 Å². The Morgan fingerprint density at radius 1 is 1.56 bits per heavy atom. The van der Waals surface area contributed by atoms with Crippen molar-refractivity contribution in [1.82, 2.24) is 5.32 Å². The number of carbonyl (C=O) groups excluding carboxylic acids is 1. The summed E-state index contributed by atoms with van der Waals surface area (Å²) in [6, 6.07) is 3.87. The number of hydrogen-bond acceptors (Lipinski definition) is 3. The van der Waals surface area contributed by atoms with E-state index in [0.29, 0.717) is 13.0 Å². The second-order valence-corrected chi connectivity index (χ2v) is 4.00. The SMILES string of the molecule is CC(Cc1ccco1)NC(=O)CCCCN. The molecule has 0 saturated carbocycles. The number of hydrogen-bond donors (Lipinski definition) is 2. The average Bonchev–Trinajstić information content (AvgIpc) is 2.70. The largest absolute Gasteiger partial charge is 0.469 e. The van der Waals surface area contributed by atoms with E-state index in [2.05, 4.69) is 5.32 Å². The molecule has 0 radical (unpaired) electrons. The normalized spacial score (nSPS) is 12.4. The predicted octanol–water partition coefficient (Wildman–Crippen LogP) is 1.46. The van der Waals surface area contributed by atoms with Crippen molar-refractivity contribution in [2.45, 2.75) is 38.6 Å². The molecule has 0 aliphatic carbocycles. The number of nitrogens with one attached hydrogen (secondary N) is 1.